The summed E-state index contributed by atoms with van der Waals surface area (Å²) >= 11 is 0. The molecule has 8 heteroatoms. The second kappa shape index (κ2) is 7.93. The third-order valence-electron chi connectivity index (χ3n) is 5.17. The molecule has 0 spiro atoms. The van der Waals surface area contributed by atoms with Gasteiger partial charge in [0.1, 0.15) is 0 Å². The third kappa shape index (κ3) is 4.45. The molecular formula is C20H30N4O3S. The van der Waals surface area contributed by atoms with Crippen LogP contribution in [-0.2, 0) is 15.4 Å². The van der Waals surface area contributed by atoms with Crippen LogP contribution < -0.4 is 0 Å². The highest BCUT2D eigenvalue weighted by Gasteiger charge is 2.31. The lowest BCUT2D eigenvalue weighted by molar-refractivity contribution is 0.181. The predicted molar refractivity (Wildman–Crippen MR) is 108 cm³/mol. The Bertz CT molecular complexity index is 900. The first-order chi connectivity index (χ1) is 13.1. The fourth-order valence-electron chi connectivity index (χ4n) is 3.27. The lowest BCUT2D eigenvalue weighted by Gasteiger charge is -2.25. The number of benzene rings is 1. The van der Waals surface area contributed by atoms with E-state index in [1.165, 1.54) is 0 Å². The Balaban J connectivity index is 1.70. The molecule has 0 bridgehead atoms. The summed E-state index contributed by atoms with van der Waals surface area (Å²) in [5.41, 5.74) is 0.878. The highest BCUT2D eigenvalue weighted by atomic mass is 32.2. The van der Waals surface area contributed by atoms with Gasteiger partial charge in [0.2, 0.25) is 15.9 Å². The lowest BCUT2D eigenvalue weighted by Crippen LogP contribution is -2.36. The van der Waals surface area contributed by atoms with Crippen molar-refractivity contribution in [2.24, 2.45) is 0 Å². The highest BCUT2D eigenvalue weighted by Crippen LogP contribution is 2.25. The van der Waals surface area contributed by atoms with E-state index in [1.54, 1.807) is 16.4 Å². The van der Waals surface area contributed by atoms with Crippen molar-refractivity contribution in [3.8, 4) is 0 Å². The largest absolute Gasteiger partial charge is 0.338 e. The summed E-state index contributed by atoms with van der Waals surface area (Å²) in [5.74, 6) is 1.27. The Labute approximate surface area is 167 Å². The van der Waals surface area contributed by atoms with Crippen LogP contribution >= 0.6 is 0 Å². The normalized spacial score (nSPS) is 18.8. The second-order valence-corrected chi connectivity index (χ2v) is 10.4. The lowest BCUT2D eigenvalue weighted by atomic mass is 9.96. The van der Waals surface area contributed by atoms with Crippen LogP contribution in [0.25, 0.3) is 0 Å². The monoisotopic (exact) mass is 406 g/mol. The van der Waals surface area contributed by atoms with Crippen LogP contribution in [0.1, 0.15) is 57.4 Å². The minimum absolute atomic E-state index is 0.0503. The van der Waals surface area contributed by atoms with Gasteiger partial charge in [0.05, 0.1) is 10.9 Å². The summed E-state index contributed by atoms with van der Waals surface area (Å²) in [6.45, 7) is 12.5. The molecule has 2 heterocycles. The first kappa shape index (κ1) is 21.0. The molecule has 1 unspecified atom stereocenters. The van der Waals surface area contributed by atoms with E-state index >= 15 is 0 Å². The van der Waals surface area contributed by atoms with Crippen molar-refractivity contribution in [3.05, 3.63) is 41.5 Å². The maximum Gasteiger partial charge on any atom is 0.243 e. The minimum Gasteiger partial charge on any atom is -0.338 e. The van der Waals surface area contributed by atoms with E-state index < -0.39 is 10.0 Å². The van der Waals surface area contributed by atoms with Crippen molar-refractivity contribution in [3.63, 3.8) is 0 Å². The molecule has 0 saturated carbocycles. The van der Waals surface area contributed by atoms with E-state index in [-0.39, 0.29) is 11.5 Å². The van der Waals surface area contributed by atoms with E-state index in [2.05, 4.69) is 15.0 Å². The molecule has 1 saturated heterocycles. The molecule has 28 heavy (non-hydrogen) atoms. The number of aromatic nitrogens is 2. The summed E-state index contributed by atoms with van der Waals surface area (Å²) < 4.78 is 33.0. The van der Waals surface area contributed by atoms with Crippen LogP contribution in [0.4, 0.5) is 0 Å². The average Bonchev–Trinajstić information content (AvgIpc) is 3.00. The van der Waals surface area contributed by atoms with Gasteiger partial charge < -0.3 is 4.52 Å². The summed E-state index contributed by atoms with van der Waals surface area (Å²) in [6.07, 6.45) is 0.760. The first-order valence-corrected chi connectivity index (χ1v) is 11.2. The van der Waals surface area contributed by atoms with Crippen LogP contribution in [0, 0.1) is 6.92 Å². The van der Waals surface area contributed by atoms with Crippen molar-refractivity contribution in [1.29, 1.82) is 0 Å². The van der Waals surface area contributed by atoms with Crippen LogP contribution in [0.3, 0.4) is 0 Å². The number of hydrogen-bond acceptors (Lipinski definition) is 6. The molecule has 1 atom stereocenters. The van der Waals surface area contributed by atoms with Gasteiger partial charge in [0.25, 0.3) is 0 Å². The molecule has 7 nitrogen and oxygen atoms in total. The first-order valence-electron chi connectivity index (χ1n) is 9.74. The van der Waals surface area contributed by atoms with Gasteiger partial charge in [0, 0.05) is 31.6 Å². The zero-order valence-electron chi connectivity index (χ0n) is 17.3. The Hall–Kier alpha value is -1.77. The topological polar surface area (TPSA) is 79.5 Å². The zero-order chi connectivity index (χ0) is 20.5. The number of hydrogen-bond donors (Lipinski definition) is 0. The van der Waals surface area contributed by atoms with Gasteiger partial charge in [0.15, 0.2) is 5.82 Å². The van der Waals surface area contributed by atoms with E-state index in [1.807, 2.05) is 46.8 Å². The highest BCUT2D eigenvalue weighted by molar-refractivity contribution is 7.89. The zero-order valence-corrected chi connectivity index (χ0v) is 18.2. The number of rotatable bonds is 4. The maximum atomic E-state index is 13.0. The minimum atomic E-state index is -3.48. The molecule has 1 aliphatic heterocycles. The Kier molecular flexibility index (Phi) is 5.93. The number of sulfonamides is 1. The Morgan fingerprint density at radius 1 is 1.07 bits per heavy atom. The van der Waals surface area contributed by atoms with Crippen molar-refractivity contribution >= 4 is 10.0 Å². The fraction of sp³-hybridized carbons (Fsp3) is 0.600. The van der Waals surface area contributed by atoms with Gasteiger partial charge in [-0.15, -0.1) is 0 Å². The Morgan fingerprint density at radius 3 is 2.36 bits per heavy atom. The van der Waals surface area contributed by atoms with Crippen molar-refractivity contribution in [1.82, 2.24) is 19.3 Å². The molecule has 0 N–H and O–H groups in total. The van der Waals surface area contributed by atoms with E-state index in [0.717, 1.165) is 18.5 Å². The van der Waals surface area contributed by atoms with Gasteiger partial charge in [-0.25, -0.2) is 8.42 Å². The van der Waals surface area contributed by atoms with Gasteiger partial charge in [-0.2, -0.15) is 9.29 Å². The van der Waals surface area contributed by atoms with E-state index in [4.69, 9.17) is 4.52 Å². The maximum absolute atomic E-state index is 13.0. The standard InChI is InChI=1S/C20H30N4O3S/c1-15-7-9-17(10-8-15)28(25,26)24-12-6-11-23(13-14-24)16(2)18-21-19(22-27-18)20(3,4)5/h7-10,16H,6,11-14H2,1-5H3. The molecule has 2 aromatic rings. The number of aryl methyl sites for hydroxylation is 1. The van der Waals surface area contributed by atoms with Gasteiger partial charge in [-0.05, 0) is 32.4 Å². The van der Waals surface area contributed by atoms with Crippen LogP contribution in [0.5, 0.6) is 0 Å². The van der Waals surface area contributed by atoms with Gasteiger partial charge in [-0.1, -0.05) is 43.6 Å². The Morgan fingerprint density at radius 2 is 1.75 bits per heavy atom. The predicted octanol–water partition coefficient (Wildman–Crippen LogP) is 3.13. The third-order valence-corrected chi connectivity index (χ3v) is 7.08. The molecule has 0 amide bonds. The van der Waals surface area contributed by atoms with Gasteiger partial charge >= 0.3 is 0 Å². The van der Waals surface area contributed by atoms with Crippen molar-refractivity contribution in [2.45, 2.75) is 57.4 Å². The second-order valence-electron chi connectivity index (χ2n) is 8.49. The SMILES string of the molecule is Cc1ccc(S(=O)(=O)N2CCCN(C(C)c3nc(C(C)(C)C)no3)CC2)cc1. The van der Waals surface area contributed by atoms with E-state index in [0.29, 0.717) is 36.2 Å². The van der Waals surface area contributed by atoms with Crippen LogP contribution in [-0.4, -0.2) is 53.9 Å². The van der Waals surface area contributed by atoms with Crippen molar-refractivity contribution < 1.29 is 12.9 Å². The fourth-order valence-corrected chi connectivity index (χ4v) is 4.74. The number of nitrogens with zero attached hydrogens (tertiary/aromatic N) is 4. The molecule has 3 rings (SSSR count). The van der Waals surface area contributed by atoms with E-state index in [9.17, 15) is 8.42 Å². The summed E-state index contributed by atoms with van der Waals surface area (Å²) in [7, 11) is -3.48. The molecule has 1 fully saturated rings. The van der Waals surface area contributed by atoms with Gasteiger partial charge in [-0.3, -0.25) is 4.90 Å². The molecule has 1 aliphatic rings. The molecule has 154 valence electrons. The molecule has 0 aliphatic carbocycles. The molecule has 1 aromatic heterocycles. The van der Waals surface area contributed by atoms with Crippen LogP contribution in [0.15, 0.2) is 33.7 Å². The molecular weight excluding hydrogens is 376 g/mol. The quantitative estimate of drug-likeness (QED) is 0.776. The summed E-state index contributed by atoms with van der Waals surface area (Å²) in [4.78, 5) is 7.13. The summed E-state index contributed by atoms with van der Waals surface area (Å²) in [6, 6.07) is 6.99. The smallest absolute Gasteiger partial charge is 0.243 e. The van der Waals surface area contributed by atoms with Crippen LogP contribution in [0.2, 0.25) is 0 Å². The average molecular weight is 407 g/mol. The molecule has 0 radical (unpaired) electrons. The molecule has 1 aromatic carbocycles. The summed E-state index contributed by atoms with van der Waals surface area (Å²) in [5, 5.41) is 4.11. The van der Waals surface area contributed by atoms with Crippen molar-refractivity contribution in [2.75, 3.05) is 26.2 Å².